The SMILES string of the molecule is O=C(COc1ccccc1)N[C@@H](Cc1ccccc1)[C@@H](O)[C@H](O)[C@H](Cc1ccccc1)NC(=O)COc1ccccc1. The number of rotatable bonds is 15. The van der Waals surface area contributed by atoms with Gasteiger partial charge in [0.2, 0.25) is 0 Å². The van der Waals surface area contributed by atoms with Crippen molar-refractivity contribution in [3.8, 4) is 11.5 Å². The highest BCUT2D eigenvalue weighted by molar-refractivity contribution is 5.78. The number of nitrogens with one attached hydrogen (secondary N) is 2. The normalized spacial score (nSPS) is 13.7. The van der Waals surface area contributed by atoms with Crippen LogP contribution in [0.5, 0.6) is 11.5 Å². The van der Waals surface area contributed by atoms with Gasteiger partial charge in [-0.05, 0) is 48.2 Å². The van der Waals surface area contributed by atoms with Crippen molar-refractivity contribution in [2.24, 2.45) is 0 Å². The van der Waals surface area contributed by atoms with E-state index in [2.05, 4.69) is 10.6 Å². The molecule has 4 rings (SSSR count). The van der Waals surface area contributed by atoms with Crippen LogP contribution in [0, 0.1) is 0 Å². The third kappa shape index (κ3) is 9.76. The molecule has 2 amide bonds. The Morgan fingerprint density at radius 2 is 0.833 bits per heavy atom. The number of hydrogen-bond acceptors (Lipinski definition) is 6. The van der Waals surface area contributed by atoms with Gasteiger partial charge in [-0.25, -0.2) is 0 Å². The predicted octanol–water partition coefficient (Wildman–Crippen LogP) is 3.32. The van der Waals surface area contributed by atoms with Crippen LogP contribution in [0.4, 0.5) is 0 Å². The highest BCUT2D eigenvalue weighted by atomic mass is 16.5. The molecule has 8 nitrogen and oxygen atoms in total. The zero-order chi connectivity index (χ0) is 29.6. The van der Waals surface area contributed by atoms with Crippen LogP contribution >= 0.6 is 0 Å². The molecule has 42 heavy (non-hydrogen) atoms. The van der Waals surface area contributed by atoms with Crippen molar-refractivity contribution in [2.45, 2.75) is 37.1 Å². The zero-order valence-electron chi connectivity index (χ0n) is 23.2. The molecule has 0 spiro atoms. The summed E-state index contributed by atoms with van der Waals surface area (Å²) >= 11 is 0. The minimum Gasteiger partial charge on any atom is -0.484 e. The van der Waals surface area contributed by atoms with E-state index in [0.29, 0.717) is 11.5 Å². The van der Waals surface area contributed by atoms with Crippen LogP contribution in [0.15, 0.2) is 121 Å². The van der Waals surface area contributed by atoms with Gasteiger partial charge in [0.05, 0.1) is 12.1 Å². The summed E-state index contributed by atoms with van der Waals surface area (Å²) in [6, 6.07) is 34.8. The van der Waals surface area contributed by atoms with Crippen LogP contribution in [0.25, 0.3) is 0 Å². The molecule has 4 aromatic rings. The fourth-order valence-electron chi connectivity index (χ4n) is 4.55. The number of benzene rings is 4. The fraction of sp³-hybridized carbons (Fsp3) is 0.235. The smallest absolute Gasteiger partial charge is 0.258 e. The molecule has 0 heterocycles. The molecule has 0 aliphatic rings. The van der Waals surface area contributed by atoms with Crippen molar-refractivity contribution in [1.29, 1.82) is 0 Å². The van der Waals surface area contributed by atoms with Crippen LogP contribution in [0.3, 0.4) is 0 Å². The van der Waals surface area contributed by atoms with Gasteiger partial charge in [-0.2, -0.15) is 0 Å². The first kappa shape index (κ1) is 30.3. The molecule has 0 saturated heterocycles. The number of amides is 2. The third-order valence-electron chi connectivity index (χ3n) is 6.69. The van der Waals surface area contributed by atoms with Gasteiger partial charge in [-0.15, -0.1) is 0 Å². The van der Waals surface area contributed by atoms with Crippen molar-refractivity contribution in [3.05, 3.63) is 132 Å². The second-order valence-electron chi connectivity index (χ2n) is 9.91. The van der Waals surface area contributed by atoms with E-state index in [1.165, 1.54) is 0 Å². The summed E-state index contributed by atoms with van der Waals surface area (Å²) < 4.78 is 11.1. The summed E-state index contributed by atoms with van der Waals surface area (Å²) in [5.41, 5.74) is 1.72. The van der Waals surface area contributed by atoms with E-state index in [0.717, 1.165) is 11.1 Å². The molecule has 218 valence electrons. The van der Waals surface area contributed by atoms with Gasteiger partial charge in [-0.3, -0.25) is 9.59 Å². The summed E-state index contributed by atoms with van der Waals surface area (Å²) in [5.74, 6) is 0.171. The first-order valence-electron chi connectivity index (χ1n) is 13.9. The highest BCUT2D eigenvalue weighted by Crippen LogP contribution is 2.16. The molecular weight excluding hydrogens is 532 g/mol. The highest BCUT2D eigenvalue weighted by Gasteiger charge is 2.34. The number of hydrogen-bond donors (Lipinski definition) is 4. The topological polar surface area (TPSA) is 117 Å². The molecule has 0 saturated carbocycles. The monoisotopic (exact) mass is 568 g/mol. The number of carbonyl (C=O) groups is 2. The van der Waals surface area contributed by atoms with E-state index in [1.54, 1.807) is 48.5 Å². The Hall–Kier alpha value is -4.66. The predicted molar refractivity (Wildman–Crippen MR) is 160 cm³/mol. The van der Waals surface area contributed by atoms with Gasteiger partial charge in [0.15, 0.2) is 13.2 Å². The molecule has 0 radical (unpaired) electrons. The average Bonchev–Trinajstić information content (AvgIpc) is 3.03. The van der Waals surface area contributed by atoms with Crippen LogP contribution in [0.1, 0.15) is 11.1 Å². The second kappa shape index (κ2) is 16.0. The molecule has 0 unspecified atom stereocenters. The number of aliphatic hydroxyl groups excluding tert-OH is 2. The summed E-state index contributed by atoms with van der Waals surface area (Å²) in [6.45, 7) is -0.530. The fourth-order valence-corrected chi connectivity index (χ4v) is 4.55. The quantitative estimate of drug-likeness (QED) is 0.175. The minimum atomic E-state index is -1.42. The molecule has 0 aliphatic carbocycles. The van der Waals surface area contributed by atoms with Crippen LogP contribution < -0.4 is 20.1 Å². The Labute approximate surface area is 245 Å². The molecule has 4 atom stereocenters. The van der Waals surface area contributed by atoms with Crippen molar-refractivity contribution in [3.63, 3.8) is 0 Å². The van der Waals surface area contributed by atoms with Crippen LogP contribution in [0.2, 0.25) is 0 Å². The van der Waals surface area contributed by atoms with Gasteiger partial charge >= 0.3 is 0 Å². The molecular formula is C34H36N2O6. The Morgan fingerprint density at radius 3 is 1.17 bits per heavy atom. The molecule has 0 bridgehead atoms. The maximum Gasteiger partial charge on any atom is 0.258 e. The van der Waals surface area contributed by atoms with Crippen molar-refractivity contribution >= 4 is 11.8 Å². The van der Waals surface area contributed by atoms with Gasteiger partial charge in [0.25, 0.3) is 11.8 Å². The standard InChI is InChI=1S/C34H36N2O6/c37-31(23-41-27-17-9-3-10-18-27)35-29(21-25-13-5-1-6-14-25)33(39)34(40)30(22-26-15-7-2-8-16-26)36-32(38)24-42-28-19-11-4-12-20-28/h1-20,29-30,33-34,39-40H,21-24H2,(H,35,37)(H,36,38)/t29-,30-,33+,34+/m0/s1. The first-order chi connectivity index (χ1) is 20.5. The lowest BCUT2D eigenvalue weighted by Crippen LogP contribution is -2.58. The molecule has 8 heteroatoms. The van der Waals surface area contributed by atoms with E-state index in [9.17, 15) is 19.8 Å². The lowest BCUT2D eigenvalue weighted by molar-refractivity contribution is -0.128. The summed E-state index contributed by atoms with van der Waals surface area (Å²) in [4.78, 5) is 25.8. The Kier molecular flexibility index (Phi) is 11.5. The Balaban J connectivity index is 1.48. The van der Waals surface area contributed by atoms with E-state index in [1.807, 2.05) is 72.8 Å². The van der Waals surface area contributed by atoms with E-state index in [-0.39, 0.29) is 26.1 Å². The number of carbonyl (C=O) groups excluding carboxylic acids is 2. The maximum atomic E-state index is 12.9. The minimum absolute atomic E-state index is 0.249. The average molecular weight is 569 g/mol. The van der Waals surface area contributed by atoms with Crippen LogP contribution in [-0.2, 0) is 22.4 Å². The van der Waals surface area contributed by atoms with Crippen molar-refractivity contribution in [2.75, 3.05) is 13.2 Å². The molecule has 0 aromatic heterocycles. The number of para-hydroxylation sites is 2. The lowest BCUT2D eigenvalue weighted by atomic mass is 9.91. The Morgan fingerprint density at radius 1 is 0.524 bits per heavy atom. The van der Waals surface area contributed by atoms with Gasteiger partial charge in [-0.1, -0.05) is 97.1 Å². The summed E-state index contributed by atoms with van der Waals surface area (Å²) in [6.07, 6.45) is -2.34. The lowest BCUT2D eigenvalue weighted by Gasteiger charge is -2.33. The van der Waals surface area contributed by atoms with E-state index < -0.39 is 36.1 Å². The molecule has 4 N–H and O–H groups in total. The third-order valence-corrected chi connectivity index (χ3v) is 6.69. The summed E-state index contributed by atoms with van der Waals surface area (Å²) in [5, 5.41) is 28.6. The number of ether oxygens (including phenoxy) is 2. The molecule has 4 aromatic carbocycles. The zero-order valence-corrected chi connectivity index (χ0v) is 23.2. The number of aliphatic hydroxyl groups is 2. The van der Waals surface area contributed by atoms with Gasteiger partial charge in [0.1, 0.15) is 23.7 Å². The van der Waals surface area contributed by atoms with Crippen molar-refractivity contribution in [1.82, 2.24) is 10.6 Å². The van der Waals surface area contributed by atoms with E-state index in [4.69, 9.17) is 9.47 Å². The second-order valence-corrected chi connectivity index (χ2v) is 9.91. The first-order valence-corrected chi connectivity index (χ1v) is 13.9. The largest absolute Gasteiger partial charge is 0.484 e. The Bertz CT molecular complexity index is 1250. The van der Waals surface area contributed by atoms with Crippen molar-refractivity contribution < 1.29 is 29.3 Å². The molecule has 0 fully saturated rings. The van der Waals surface area contributed by atoms with Crippen LogP contribution in [-0.4, -0.2) is 59.5 Å². The van der Waals surface area contributed by atoms with E-state index >= 15 is 0 Å². The summed E-state index contributed by atoms with van der Waals surface area (Å²) in [7, 11) is 0. The van der Waals surface area contributed by atoms with Gasteiger partial charge in [0, 0.05) is 0 Å². The molecule has 0 aliphatic heterocycles. The maximum absolute atomic E-state index is 12.9. The van der Waals surface area contributed by atoms with Gasteiger partial charge < -0.3 is 30.3 Å².